The third-order valence-corrected chi connectivity index (χ3v) is 3.44. The van der Waals surface area contributed by atoms with Gasteiger partial charge in [-0.1, -0.05) is 44.5 Å². The first-order valence-corrected chi connectivity index (χ1v) is 5.99. The summed E-state index contributed by atoms with van der Waals surface area (Å²) < 4.78 is 0. The van der Waals surface area contributed by atoms with Crippen LogP contribution in [0, 0.1) is 11.8 Å². The Labute approximate surface area is 92.1 Å². The van der Waals surface area contributed by atoms with Gasteiger partial charge in [0.25, 0.3) is 0 Å². The lowest BCUT2D eigenvalue weighted by Gasteiger charge is -2.10. The smallest absolute Gasteiger partial charge is 0.0820 e. The van der Waals surface area contributed by atoms with Gasteiger partial charge in [-0.25, -0.2) is 0 Å². The van der Waals surface area contributed by atoms with E-state index in [1.807, 2.05) is 0 Å². The minimum atomic E-state index is -0.240. The SMILES string of the molecule is CCCc1ccc(C(O)C2CC2C)cc1. The molecular weight excluding hydrogens is 184 g/mol. The van der Waals surface area contributed by atoms with Crippen LogP contribution in [0.3, 0.4) is 0 Å². The van der Waals surface area contributed by atoms with Crippen molar-refractivity contribution in [3.8, 4) is 0 Å². The fourth-order valence-corrected chi connectivity index (χ4v) is 2.21. The van der Waals surface area contributed by atoms with Crippen LogP contribution < -0.4 is 0 Å². The van der Waals surface area contributed by atoms with E-state index in [2.05, 4.69) is 38.1 Å². The van der Waals surface area contributed by atoms with Crippen molar-refractivity contribution in [2.24, 2.45) is 11.8 Å². The first-order chi connectivity index (χ1) is 7.22. The molecule has 1 fully saturated rings. The Morgan fingerprint density at radius 2 is 1.93 bits per heavy atom. The van der Waals surface area contributed by atoms with Gasteiger partial charge in [0.05, 0.1) is 6.10 Å². The van der Waals surface area contributed by atoms with Crippen molar-refractivity contribution in [3.05, 3.63) is 35.4 Å². The van der Waals surface area contributed by atoms with Gasteiger partial charge < -0.3 is 5.11 Å². The Kier molecular flexibility index (Phi) is 3.11. The Morgan fingerprint density at radius 3 is 2.40 bits per heavy atom. The molecule has 1 saturated carbocycles. The van der Waals surface area contributed by atoms with Crippen LogP contribution in [0.15, 0.2) is 24.3 Å². The van der Waals surface area contributed by atoms with E-state index in [-0.39, 0.29) is 6.10 Å². The van der Waals surface area contributed by atoms with E-state index >= 15 is 0 Å². The highest BCUT2D eigenvalue weighted by Gasteiger charge is 2.39. The molecule has 0 amide bonds. The van der Waals surface area contributed by atoms with Crippen LogP contribution in [0.25, 0.3) is 0 Å². The highest BCUT2D eigenvalue weighted by atomic mass is 16.3. The van der Waals surface area contributed by atoms with Gasteiger partial charge in [-0.3, -0.25) is 0 Å². The first kappa shape index (κ1) is 10.7. The van der Waals surface area contributed by atoms with E-state index in [0.717, 1.165) is 12.0 Å². The average molecular weight is 204 g/mol. The lowest BCUT2D eigenvalue weighted by atomic mass is 10.0. The molecule has 0 bridgehead atoms. The van der Waals surface area contributed by atoms with Gasteiger partial charge in [0.1, 0.15) is 0 Å². The van der Waals surface area contributed by atoms with Crippen molar-refractivity contribution in [3.63, 3.8) is 0 Å². The molecule has 1 N–H and O–H groups in total. The summed E-state index contributed by atoms with van der Waals surface area (Å²) in [5.41, 5.74) is 2.46. The summed E-state index contributed by atoms with van der Waals surface area (Å²) in [6.45, 7) is 4.40. The molecule has 0 aliphatic heterocycles. The number of aryl methyl sites for hydroxylation is 1. The number of aliphatic hydroxyl groups excluding tert-OH is 1. The first-order valence-electron chi connectivity index (χ1n) is 5.99. The van der Waals surface area contributed by atoms with E-state index in [9.17, 15) is 5.11 Å². The zero-order valence-corrected chi connectivity index (χ0v) is 9.61. The van der Waals surface area contributed by atoms with Crippen molar-refractivity contribution in [1.82, 2.24) is 0 Å². The maximum absolute atomic E-state index is 10.1. The number of hydrogen-bond donors (Lipinski definition) is 1. The van der Waals surface area contributed by atoms with Crippen molar-refractivity contribution in [2.45, 2.75) is 39.2 Å². The van der Waals surface area contributed by atoms with Crippen LogP contribution in [0.5, 0.6) is 0 Å². The number of hydrogen-bond acceptors (Lipinski definition) is 1. The predicted octanol–water partition coefficient (Wildman–Crippen LogP) is 3.33. The number of benzene rings is 1. The number of aliphatic hydroxyl groups is 1. The summed E-state index contributed by atoms with van der Waals surface area (Å²) in [5, 5.41) is 10.1. The predicted molar refractivity (Wildman–Crippen MR) is 62.7 cm³/mol. The van der Waals surface area contributed by atoms with Gasteiger partial charge in [0.15, 0.2) is 0 Å². The van der Waals surface area contributed by atoms with Gasteiger partial charge in [0, 0.05) is 0 Å². The Hall–Kier alpha value is -0.820. The van der Waals surface area contributed by atoms with Gasteiger partial charge in [-0.05, 0) is 35.8 Å². The van der Waals surface area contributed by atoms with Gasteiger partial charge in [0.2, 0.25) is 0 Å². The molecule has 15 heavy (non-hydrogen) atoms. The molecule has 1 heteroatoms. The van der Waals surface area contributed by atoms with E-state index in [1.54, 1.807) is 0 Å². The van der Waals surface area contributed by atoms with E-state index in [0.29, 0.717) is 11.8 Å². The maximum atomic E-state index is 10.1. The standard InChI is InChI=1S/C14H20O/c1-3-4-11-5-7-12(8-6-11)14(15)13-9-10(13)2/h5-8,10,13-15H,3-4,9H2,1-2H3. The zero-order valence-electron chi connectivity index (χ0n) is 9.61. The summed E-state index contributed by atoms with van der Waals surface area (Å²) in [5.74, 6) is 1.21. The molecule has 1 aliphatic rings. The fourth-order valence-electron chi connectivity index (χ4n) is 2.21. The lowest BCUT2D eigenvalue weighted by molar-refractivity contribution is 0.148. The van der Waals surface area contributed by atoms with Crippen molar-refractivity contribution in [2.75, 3.05) is 0 Å². The molecule has 1 nitrogen and oxygen atoms in total. The molecule has 82 valence electrons. The lowest BCUT2D eigenvalue weighted by Crippen LogP contribution is -2.01. The third-order valence-electron chi connectivity index (χ3n) is 3.44. The minimum Gasteiger partial charge on any atom is -0.388 e. The molecule has 0 saturated heterocycles. The second-order valence-corrected chi connectivity index (χ2v) is 4.81. The largest absolute Gasteiger partial charge is 0.388 e. The molecule has 0 heterocycles. The molecule has 1 aromatic rings. The van der Waals surface area contributed by atoms with E-state index in [1.165, 1.54) is 18.4 Å². The Balaban J connectivity index is 2.03. The normalized spacial score (nSPS) is 26.3. The van der Waals surface area contributed by atoms with Gasteiger partial charge in [-0.2, -0.15) is 0 Å². The van der Waals surface area contributed by atoms with E-state index < -0.39 is 0 Å². The van der Waals surface area contributed by atoms with Crippen LogP contribution in [0.1, 0.15) is 43.9 Å². The average Bonchev–Trinajstić information content (AvgIpc) is 2.96. The van der Waals surface area contributed by atoms with E-state index in [4.69, 9.17) is 0 Å². The molecule has 1 aromatic carbocycles. The summed E-state index contributed by atoms with van der Waals surface area (Å²) in [6.07, 6.45) is 3.26. The van der Waals surface area contributed by atoms with Gasteiger partial charge in [-0.15, -0.1) is 0 Å². The molecule has 0 aromatic heterocycles. The van der Waals surface area contributed by atoms with Crippen LogP contribution in [0.4, 0.5) is 0 Å². The monoisotopic (exact) mass is 204 g/mol. The summed E-state index contributed by atoms with van der Waals surface area (Å²) in [6, 6.07) is 8.46. The third kappa shape index (κ3) is 2.40. The zero-order chi connectivity index (χ0) is 10.8. The highest BCUT2D eigenvalue weighted by Crippen LogP contribution is 2.46. The van der Waals surface area contributed by atoms with Crippen molar-refractivity contribution in [1.29, 1.82) is 0 Å². The molecule has 0 radical (unpaired) electrons. The minimum absolute atomic E-state index is 0.240. The summed E-state index contributed by atoms with van der Waals surface area (Å²) in [7, 11) is 0. The van der Waals surface area contributed by atoms with Crippen molar-refractivity contribution < 1.29 is 5.11 Å². The van der Waals surface area contributed by atoms with Crippen LogP contribution in [-0.4, -0.2) is 5.11 Å². The molecule has 3 atom stereocenters. The summed E-state index contributed by atoms with van der Waals surface area (Å²) >= 11 is 0. The molecule has 2 rings (SSSR count). The van der Waals surface area contributed by atoms with Crippen LogP contribution in [-0.2, 0) is 6.42 Å². The quantitative estimate of drug-likeness (QED) is 0.797. The van der Waals surface area contributed by atoms with Crippen LogP contribution in [0.2, 0.25) is 0 Å². The molecule has 3 unspecified atom stereocenters. The fraction of sp³-hybridized carbons (Fsp3) is 0.571. The topological polar surface area (TPSA) is 20.2 Å². The maximum Gasteiger partial charge on any atom is 0.0820 e. The van der Waals surface area contributed by atoms with Crippen molar-refractivity contribution >= 4 is 0 Å². The van der Waals surface area contributed by atoms with Crippen LogP contribution >= 0.6 is 0 Å². The molecular formula is C14H20O. The molecule has 1 aliphatic carbocycles. The highest BCUT2D eigenvalue weighted by molar-refractivity contribution is 5.25. The second-order valence-electron chi connectivity index (χ2n) is 4.81. The Morgan fingerprint density at radius 1 is 1.33 bits per heavy atom. The Bertz CT molecular complexity index is 315. The summed E-state index contributed by atoms with van der Waals surface area (Å²) in [4.78, 5) is 0. The molecule has 0 spiro atoms. The number of rotatable bonds is 4. The second kappa shape index (κ2) is 4.36. The van der Waals surface area contributed by atoms with Gasteiger partial charge >= 0.3 is 0 Å².